The lowest BCUT2D eigenvalue weighted by Crippen LogP contribution is -2.47. The normalized spacial score (nSPS) is 18.9. The van der Waals surface area contributed by atoms with E-state index in [0.717, 1.165) is 49.9 Å². The van der Waals surface area contributed by atoms with Crippen LogP contribution >= 0.6 is 0 Å². The van der Waals surface area contributed by atoms with Crippen molar-refractivity contribution >= 4 is 17.4 Å². The van der Waals surface area contributed by atoms with Gasteiger partial charge in [0.1, 0.15) is 0 Å². The van der Waals surface area contributed by atoms with Crippen LogP contribution in [-0.2, 0) is 6.54 Å². The Kier molecular flexibility index (Phi) is 3.42. The van der Waals surface area contributed by atoms with Crippen molar-refractivity contribution in [2.24, 2.45) is 0 Å². The molecule has 0 N–H and O–H groups in total. The molecule has 9 nitrogen and oxygen atoms in total. The fraction of sp³-hybridized carbons (Fsp3) is 0.412. The molecule has 0 unspecified atom stereocenters. The minimum absolute atomic E-state index is 0.0403. The van der Waals surface area contributed by atoms with Crippen LogP contribution in [0.25, 0.3) is 5.65 Å². The number of likely N-dealkylation sites (tertiary alicyclic amines) is 1. The molecule has 3 aromatic heterocycles. The van der Waals surface area contributed by atoms with Gasteiger partial charge in [-0.05, 0) is 12.1 Å². The highest BCUT2D eigenvalue weighted by atomic mass is 16.2. The summed E-state index contributed by atoms with van der Waals surface area (Å²) < 4.78 is 3.99. The molecule has 0 aromatic carbocycles. The van der Waals surface area contributed by atoms with Crippen molar-refractivity contribution < 1.29 is 4.79 Å². The third kappa shape index (κ3) is 2.43. The van der Waals surface area contributed by atoms with Gasteiger partial charge in [0.15, 0.2) is 11.5 Å². The van der Waals surface area contributed by atoms with Crippen molar-refractivity contribution in [3.63, 3.8) is 0 Å². The zero-order valence-electron chi connectivity index (χ0n) is 14.6. The van der Waals surface area contributed by atoms with E-state index in [4.69, 9.17) is 0 Å². The summed E-state index contributed by atoms with van der Waals surface area (Å²) in [6, 6.07) is 6.28. The molecule has 5 rings (SSSR count). The summed E-state index contributed by atoms with van der Waals surface area (Å²) >= 11 is 0. The molecule has 9 heteroatoms. The van der Waals surface area contributed by atoms with Gasteiger partial charge in [0.25, 0.3) is 0 Å². The largest absolute Gasteiger partial charge is 0.326 e. The molecule has 2 aliphatic heterocycles. The molecule has 2 aliphatic rings. The number of likely N-dealkylation sites (N-methyl/N-ethyl adjacent to an activating group) is 1. The molecule has 0 atom stereocenters. The topological polar surface area (TPSA) is 74.8 Å². The van der Waals surface area contributed by atoms with Crippen molar-refractivity contribution in [1.29, 1.82) is 0 Å². The van der Waals surface area contributed by atoms with E-state index in [9.17, 15) is 4.79 Å². The minimum Gasteiger partial charge on any atom is -0.326 e. The van der Waals surface area contributed by atoms with Gasteiger partial charge < -0.3 is 4.90 Å². The van der Waals surface area contributed by atoms with E-state index in [1.54, 1.807) is 16.0 Å². The number of hydrogen-bond acceptors (Lipinski definition) is 5. The summed E-state index contributed by atoms with van der Waals surface area (Å²) in [4.78, 5) is 17.9. The maximum Gasteiger partial charge on any atom is 0.324 e. The van der Waals surface area contributed by atoms with Crippen molar-refractivity contribution in [3.05, 3.63) is 42.6 Å². The van der Waals surface area contributed by atoms with Gasteiger partial charge >= 0.3 is 6.03 Å². The van der Waals surface area contributed by atoms with Crippen molar-refractivity contribution in [3.8, 4) is 0 Å². The summed E-state index contributed by atoms with van der Waals surface area (Å²) in [6.45, 7) is 4.07. The molecule has 5 heterocycles. The summed E-state index contributed by atoms with van der Waals surface area (Å²) in [5.74, 6) is 0.950. The van der Waals surface area contributed by atoms with Crippen LogP contribution in [0.1, 0.15) is 11.9 Å². The Morgan fingerprint density at radius 3 is 2.88 bits per heavy atom. The van der Waals surface area contributed by atoms with E-state index in [2.05, 4.69) is 20.2 Å². The predicted octanol–water partition coefficient (Wildman–Crippen LogP) is 0.854. The number of anilines is 1. The van der Waals surface area contributed by atoms with Crippen molar-refractivity contribution in [2.75, 3.05) is 38.1 Å². The molecule has 0 radical (unpaired) electrons. The number of rotatable bonds is 4. The third-order valence-electron chi connectivity index (χ3n) is 5.18. The molecule has 2 saturated heterocycles. The Hall–Kier alpha value is -2.94. The monoisotopic (exact) mass is 352 g/mol. The number of amides is 2. The quantitative estimate of drug-likeness (QED) is 0.696. The second-order valence-electron chi connectivity index (χ2n) is 6.93. The Morgan fingerprint density at radius 1 is 1.19 bits per heavy atom. The predicted molar refractivity (Wildman–Crippen MR) is 94.9 cm³/mol. The Labute approximate surface area is 150 Å². The first-order chi connectivity index (χ1) is 12.7. The number of nitrogens with zero attached hydrogens (tertiary/aromatic N) is 8. The van der Waals surface area contributed by atoms with Gasteiger partial charge in [-0.25, -0.2) is 4.79 Å². The number of urea groups is 1. The van der Waals surface area contributed by atoms with Crippen LogP contribution < -0.4 is 4.90 Å². The number of carbonyl (C=O) groups is 1. The highest BCUT2D eigenvalue weighted by Crippen LogP contribution is 2.26. The van der Waals surface area contributed by atoms with Crippen LogP contribution in [0.3, 0.4) is 0 Å². The van der Waals surface area contributed by atoms with E-state index < -0.39 is 0 Å². The Balaban J connectivity index is 1.23. The second kappa shape index (κ2) is 5.80. The lowest BCUT2D eigenvalue weighted by Gasteiger charge is -2.38. The van der Waals surface area contributed by atoms with Crippen LogP contribution in [0.4, 0.5) is 10.5 Å². The van der Waals surface area contributed by atoms with Gasteiger partial charge in [0, 0.05) is 45.6 Å². The number of hydrogen-bond donors (Lipinski definition) is 0. The first-order valence-electron chi connectivity index (χ1n) is 8.77. The van der Waals surface area contributed by atoms with Crippen LogP contribution in [0, 0.1) is 0 Å². The second-order valence-corrected chi connectivity index (χ2v) is 6.93. The average Bonchev–Trinajstić information content (AvgIpc) is 3.31. The lowest BCUT2D eigenvalue weighted by molar-refractivity contribution is 0.0878. The fourth-order valence-electron chi connectivity index (χ4n) is 3.59. The molecule has 2 fully saturated rings. The lowest BCUT2D eigenvalue weighted by atomic mass is 10.1. The molecule has 3 aromatic rings. The zero-order valence-corrected chi connectivity index (χ0v) is 14.6. The summed E-state index contributed by atoms with van der Waals surface area (Å²) in [7, 11) is 1.82. The van der Waals surface area contributed by atoms with E-state index in [0.29, 0.717) is 6.04 Å². The van der Waals surface area contributed by atoms with E-state index >= 15 is 0 Å². The first kappa shape index (κ1) is 15.3. The first-order valence-corrected chi connectivity index (χ1v) is 8.77. The molecule has 0 aliphatic carbocycles. The molecular formula is C17H20N8O. The summed E-state index contributed by atoms with van der Waals surface area (Å²) in [6.07, 6.45) is 5.75. The van der Waals surface area contributed by atoms with Crippen LogP contribution in [0.5, 0.6) is 0 Å². The molecule has 0 spiro atoms. The van der Waals surface area contributed by atoms with Crippen molar-refractivity contribution in [2.45, 2.75) is 12.6 Å². The Bertz CT molecular complexity index is 956. The van der Waals surface area contributed by atoms with Gasteiger partial charge in [-0.2, -0.15) is 5.10 Å². The fourth-order valence-corrected chi connectivity index (χ4v) is 3.59. The molecule has 134 valence electrons. The number of aromatic nitrogens is 5. The zero-order chi connectivity index (χ0) is 17.7. The molecule has 2 amide bonds. The van der Waals surface area contributed by atoms with Crippen molar-refractivity contribution in [1.82, 2.24) is 34.2 Å². The highest BCUT2D eigenvalue weighted by molar-refractivity contribution is 5.93. The van der Waals surface area contributed by atoms with E-state index in [-0.39, 0.29) is 6.03 Å². The molecule has 0 bridgehead atoms. The van der Waals surface area contributed by atoms with Crippen LogP contribution in [-0.4, -0.2) is 73.4 Å². The molecular weight excluding hydrogens is 332 g/mol. The number of pyridine rings is 1. The number of fused-ring (bicyclic) bond motifs is 1. The van der Waals surface area contributed by atoms with Gasteiger partial charge in [-0.3, -0.25) is 18.9 Å². The van der Waals surface area contributed by atoms with Crippen LogP contribution in [0.15, 0.2) is 36.8 Å². The van der Waals surface area contributed by atoms with Gasteiger partial charge in [0.05, 0.1) is 24.5 Å². The highest BCUT2D eigenvalue weighted by Gasteiger charge is 2.32. The standard InChI is InChI=1S/C17H20N8O/c1-21-6-7-23(17(21)26)13-8-18-25(11-13)14-9-22(10-14)12-16-20-19-15-4-2-3-5-24(15)16/h2-5,8,11,14H,6-7,9-10,12H2,1H3. The Morgan fingerprint density at radius 2 is 2.08 bits per heavy atom. The third-order valence-corrected chi connectivity index (χ3v) is 5.18. The van der Waals surface area contributed by atoms with Gasteiger partial charge in [-0.1, -0.05) is 6.07 Å². The average molecular weight is 352 g/mol. The summed E-state index contributed by atoms with van der Waals surface area (Å²) in [5.41, 5.74) is 1.75. The smallest absolute Gasteiger partial charge is 0.324 e. The maximum absolute atomic E-state index is 12.1. The minimum atomic E-state index is 0.0403. The van der Waals surface area contributed by atoms with E-state index in [1.165, 1.54) is 0 Å². The van der Waals surface area contributed by atoms with Gasteiger partial charge in [0.2, 0.25) is 0 Å². The van der Waals surface area contributed by atoms with Crippen LogP contribution in [0.2, 0.25) is 0 Å². The molecule has 26 heavy (non-hydrogen) atoms. The van der Waals surface area contributed by atoms with E-state index in [1.807, 2.05) is 46.7 Å². The maximum atomic E-state index is 12.1. The summed E-state index contributed by atoms with van der Waals surface area (Å²) in [5, 5.41) is 13.0. The molecule has 0 saturated carbocycles. The van der Waals surface area contributed by atoms with Gasteiger partial charge in [-0.15, -0.1) is 10.2 Å². The SMILES string of the molecule is CN1CCN(c2cnn(C3CN(Cc4nnc5ccccn45)C3)c2)C1=O. The number of carbonyl (C=O) groups excluding carboxylic acids is 1.